The van der Waals surface area contributed by atoms with Crippen molar-refractivity contribution in [3.05, 3.63) is 89.0 Å². The van der Waals surface area contributed by atoms with E-state index in [9.17, 15) is 14.4 Å². The van der Waals surface area contributed by atoms with E-state index >= 15 is 0 Å². The first-order valence-corrected chi connectivity index (χ1v) is 13.2. The van der Waals surface area contributed by atoms with Crippen LogP contribution in [-0.4, -0.2) is 53.2 Å². The number of rotatable bonds is 10. The summed E-state index contributed by atoms with van der Waals surface area (Å²) in [4.78, 5) is 50.1. The van der Waals surface area contributed by atoms with Crippen LogP contribution in [0.15, 0.2) is 71.7 Å². The first kappa shape index (κ1) is 27.4. The highest BCUT2D eigenvalue weighted by atomic mass is 16.5. The molecule has 2 heterocycles. The lowest BCUT2D eigenvalue weighted by atomic mass is 9.80. The Bertz CT molecular complexity index is 1630. The van der Waals surface area contributed by atoms with Crippen LogP contribution in [0.25, 0.3) is 11.0 Å². The Morgan fingerprint density at radius 1 is 1.05 bits per heavy atom. The molecule has 1 aliphatic heterocycles. The molecule has 0 spiro atoms. The highest BCUT2D eigenvalue weighted by Crippen LogP contribution is 2.33. The zero-order chi connectivity index (χ0) is 29.0. The predicted octanol–water partition coefficient (Wildman–Crippen LogP) is 2.24. The Labute approximate surface area is 236 Å². The van der Waals surface area contributed by atoms with E-state index in [2.05, 4.69) is 30.9 Å². The number of amides is 3. The van der Waals surface area contributed by atoms with Crippen LogP contribution < -0.4 is 26.4 Å². The van der Waals surface area contributed by atoms with Crippen molar-refractivity contribution in [2.45, 2.75) is 31.8 Å². The summed E-state index contributed by atoms with van der Waals surface area (Å²) in [6.07, 6.45) is 2.06. The van der Waals surface area contributed by atoms with Gasteiger partial charge in [0.2, 0.25) is 5.95 Å². The molecular weight excluding hydrogens is 522 g/mol. The summed E-state index contributed by atoms with van der Waals surface area (Å²) in [6, 6.07) is 19.4. The molecule has 11 nitrogen and oxygen atoms in total. The normalized spacial score (nSPS) is 17.7. The van der Waals surface area contributed by atoms with Crippen molar-refractivity contribution in [2.75, 3.05) is 18.5 Å². The number of ether oxygens (including phenoxy) is 1. The van der Waals surface area contributed by atoms with Gasteiger partial charge in [0.15, 0.2) is 18.2 Å². The number of primary amides is 1. The average molecular weight is 554 g/mol. The lowest BCUT2D eigenvalue weighted by Crippen LogP contribution is -2.59. The molecule has 0 saturated carbocycles. The molecule has 6 N–H and O–H groups in total. The summed E-state index contributed by atoms with van der Waals surface area (Å²) >= 11 is 0. The molecule has 4 aromatic rings. The minimum atomic E-state index is -1.55. The third-order valence-electron chi connectivity index (χ3n) is 7.01. The molecule has 0 saturated heterocycles. The largest absolute Gasteiger partial charge is 0.484 e. The van der Waals surface area contributed by atoms with Crippen molar-refractivity contribution in [2.24, 2.45) is 10.7 Å². The Hall–Kier alpha value is -5.19. The minimum Gasteiger partial charge on any atom is -0.484 e. The molecule has 2 unspecified atom stereocenters. The number of hydrogen-bond acceptors (Lipinski definition) is 7. The molecule has 1 aromatic heterocycles. The van der Waals surface area contributed by atoms with Crippen molar-refractivity contribution < 1.29 is 19.1 Å². The topological polar surface area (TPSA) is 164 Å². The fraction of sp³-hybridized carbons (Fsp3) is 0.233. The number of anilines is 1. The number of nitrogens with two attached hydrogens (primary N) is 1. The Morgan fingerprint density at radius 2 is 1.85 bits per heavy atom. The molecule has 3 amide bonds. The first-order valence-electron chi connectivity index (χ1n) is 13.2. The van der Waals surface area contributed by atoms with Gasteiger partial charge in [-0.2, -0.15) is 0 Å². The molecule has 1 aliphatic rings. The predicted molar refractivity (Wildman–Crippen MR) is 156 cm³/mol. The number of imidazole rings is 1. The maximum absolute atomic E-state index is 13.4. The van der Waals surface area contributed by atoms with E-state index in [0.29, 0.717) is 28.9 Å². The molecule has 3 aromatic carbocycles. The SMILES string of the molecule is Cc1ccc(C2(C(N)=O)NC=NC2C(=O)Nc2nc3ccc(OCC(=O)NCCc4ccccc4)cc3[nH]2)c(C)c1. The van der Waals surface area contributed by atoms with Gasteiger partial charge in [-0.15, -0.1) is 0 Å². The second-order valence-corrected chi connectivity index (χ2v) is 9.94. The van der Waals surface area contributed by atoms with Crippen LogP contribution in [-0.2, 0) is 26.3 Å². The summed E-state index contributed by atoms with van der Waals surface area (Å²) in [7, 11) is 0. The van der Waals surface area contributed by atoms with E-state index in [1.807, 2.05) is 56.3 Å². The third-order valence-corrected chi connectivity index (χ3v) is 7.01. The second-order valence-electron chi connectivity index (χ2n) is 9.94. The Balaban J connectivity index is 1.23. The van der Waals surface area contributed by atoms with Crippen molar-refractivity contribution in [3.8, 4) is 5.75 Å². The van der Waals surface area contributed by atoms with Gasteiger partial charge in [0.1, 0.15) is 5.75 Å². The van der Waals surface area contributed by atoms with Crippen LogP contribution in [0.3, 0.4) is 0 Å². The summed E-state index contributed by atoms with van der Waals surface area (Å²) in [5.41, 5.74) is 9.00. The number of carbonyl (C=O) groups excluding carboxylic acids is 3. The average Bonchev–Trinajstić information content (AvgIpc) is 3.57. The van der Waals surface area contributed by atoms with E-state index in [1.54, 1.807) is 24.3 Å². The van der Waals surface area contributed by atoms with Crippen LogP contribution in [0.1, 0.15) is 22.3 Å². The smallest absolute Gasteiger partial charge is 0.257 e. The highest BCUT2D eigenvalue weighted by Gasteiger charge is 2.53. The molecule has 0 aliphatic carbocycles. The molecule has 2 atom stereocenters. The third kappa shape index (κ3) is 5.74. The van der Waals surface area contributed by atoms with Gasteiger partial charge >= 0.3 is 0 Å². The van der Waals surface area contributed by atoms with Crippen molar-refractivity contribution in [3.63, 3.8) is 0 Å². The molecule has 0 bridgehead atoms. The van der Waals surface area contributed by atoms with E-state index < -0.39 is 23.4 Å². The number of benzene rings is 3. The molecule has 5 rings (SSSR count). The monoisotopic (exact) mass is 553 g/mol. The fourth-order valence-electron chi connectivity index (χ4n) is 5.00. The second kappa shape index (κ2) is 11.5. The number of nitrogens with zero attached hydrogens (tertiary/aromatic N) is 2. The van der Waals surface area contributed by atoms with Gasteiger partial charge in [-0.1, -0.05) is 54.1 Å². The van der Waals surface area contributed by atoms with E-state index in [0.717, 1.165) is 23.1 Å². The van der Waals surface area contributed by atoms with Crippen molar-refractivity contribution in [1.29, 1.82) is 0 Å². The number of aromatic amines is 1. The number of H-pyrrole nitrogens is 1. The quantitative estimate of drug-likeness (QED) is 0.202. The van der Waals surface area contributed by atoms with Gasteiger partial charge in [0, 0.05) is 12.6 Å². The first-order chi connectivity index (χ1) is 19.8. The van der Waals surface area contributed by atoms with Gasteiger partial charge in [0.05, 0.1) is 17.4 Å². The zero-order valence-electron chi connectivity index (χ0n) is 22.7. The number of hydrogen-bond donors (Lipinski definition) is 5. The van der Waals surface area contributed by atoms with E-state index in [1.165, 1.54) is 6.34 Å². The van der Waals surface area contributed by atoms with Gasteiger partial charge < -0.3 is 26.1 Å². The highest BCUT2D eigenvalue weighted by molar-refractivity contribution is 6.05. The van der Waals surface area contributed by atoms with Crippen LogP contribution in [0.5, 0.6) is 5.75 Å². The maximum Gasteiger partial charge on any atom is 0.257 e. The fourth-order valence-corrected chi connectivity index (χ4v) is 5.00. The van der Waals surface area contributed by atoms with Gasteiger partial charge in [-0.25, -0.2) is 4.98 Å². The van der Waals surface area contributed by atoms with Crippen molar-refractivity contribution >= 4 is 41.0 Å². The standard InChI is InChI=1S/C30H31N7O4/c1-18-8-10-22(19(2)14-18)30(28(31)40)26(33-17-34-30)27(39)37-29-35-23-11-9-21(15-24(23)36-29)41-16-25(38)32-13-12-20-6-4-3-5-7-20/h3-11,14-15,17,26H,12-13,16H2,1-2H3,(H2,31,40)(H,32,38)(H,33,34)(H2,35,36,37,39). The minimum absolute atomic E-state index is 0.141. The molecule has 0 radical (unpaired) electrons. The van der Waals surface area contributed by atoms with E-state index in [-0.39, 0.29) is 18.5 Å². The summed E-state index contributed by atoms with van der Waals surface area (Å²) in [5, 5.41) is 8.49. The number of nitrogens with one attached hydrogen (secondary N) is 4. The van der Waals surface area contributed by atoms with E-state index in [4.69, 9.17) is 10.5 Å². The lowest BCUT2D eigenvalue weighted by molar-refractivity contribution is -0.129. The molecule has 210 valence electrons. The number of aryl methyl sites for hydroxylation is 2. The van der Waals surface area contributed by atoms with Crippen LogP contribution >= 0.6 is 0 Å². The Kier molecular flexibility index (Phi) is 7.68. The van der Waals surface area contributed by atoms with Gasteiger partial charge in [-0.3, -0.25) is 24.7 Å². The molecule has 0 fully saturated rings. The van der Waals surface area contributed by atoms with Crippen LogP contribution in [0, 0.1) is 13.8 Å². The number of aliphatic imine (C=N–C) groups is 1. The van der Waals surface area contributed by atoms with Gasteiger partial charge in [-0.05, 0) is 49.1 Å². The summed E-state index contributed by atoms with van der Waals surface area (Å²) in [5.74, 6) is -0.886. The van der Waals surface area contributed by atoms with Crippen LogP contribution in [0.2, 0.25) is 0 Å². The summed E-state index contributed by atoms with van der Waals surface area (Å²) < 4.78 is 5.65. The summed E-state index contributed by atoms with van der Waals surface area (Å²) in [6.45, 7) is 4.17. The molecule has 41 heavy (non-hydrogen) atoms. The number of fused-ring (bicyclic) bond motifs is 1. The number of aromatic nitrogens is 2. The zero-order valence-corrected chi connectivity index (χ0v) is 22.7. The van der Waals surface area contributed by atoms with Gasteiger partial charge in [0.25, 0.3) is 17.7 Å². The lowest BCUT2D eigenvalue weighted by Gasteiger charge is -2.32. The van der Waals surface area contributed by atoms with Crippen molar-refractivity contribution in [1.82, 2.24) is 20.6 Å². The van der Waals surface area contributed by atoms with Crippen LogP contribution in [0.4, 0.5) is 5.95 Å². The Morgan fingerprint density at radius 3 is 2.61 bits per heavy atom. The maximum atomic E-state index is 13.4. The molecule has 11 heteroatoms. The molecular formula is C30H31N7O4. The number of carbonyl (C=O) groups is 3.